The summed E-state index contributed by atoms with van der Waals surface area (Å²) >= 11 is 0. The molecule has 0 saturated heterocycles. The number of rotatable bonds is 2. The van der Waals surface area contributed by atoms with E-state index >= 15 is 0 Å². The van der Waals surface area contributed by atoms with Gasteiger partial charge in [-0.15, -0.1) is 6.58 Å². The van der Waals surface area contributed by atoms with Gasteiger partial charge in [0.1, 0.15) is 0 Å². The molecule has 0 bridgehead atoms. The highest BCUT2D eigenvalue weighted by molar-refractivity contribution is 6.10. The molecule has 0 heterocycles. The Morgan fingerprint density at radius 3 is 2.80 bits per heavy atom. The third kappa shape index (κ3) is 1.05. The van der Waals surface area contributed by atoms with E-state index < -0.39 is 23.1 Å². The number of carbonyl (C=O) groups excluding carboxylic acids is 2. The maximum Gasteiger partial charge on any atom is 0.203 e. The molecule has 0 spiro atoms. The molecule has 1 fully saturated rings. The fourth-order valence-corrected chi connectivity index (χ4v) is 2.46. The minimum Gasteiger partial charge on any atom is -0.504 e. The lowest BCUT2D eigenvalue weighted by Gasteiger charge is -2.22. The Balaban J connectivity index is 2.53. The predicted octanol–water partition coefficient (Wildman–Crippen LogP) is 0.667. The Hall–Kier alpha value is -1.42. The smallest absolute Gasteiger partial charge is 0.203 e. The van der Waals surface area contributed by atoms with E-state index in [0.717, 1.165) is 0 Å². The van der Waals surface area contributed by atoms with E-state index in [1.165, 1.54) is 6.08 Å². The maximum atomic E-state index is 11.6. The molecule has 80 valence electrons. The molecule has 0 unspecified atom stereocenters. The molecule has 0 aromatic rings. The van der Waals surface area contributed by atoms with Gasteiger partial charge in [0.15, 0.2) is 17.1 Å². The van der Waals surface area contributed by atoms with Crippen molar-refractivity contribution in [2.24, 2.45) is 5.92 Å². The number of aliphatic hydroxyl groups is 2. The van der Waals surface area contributed by atoms with E-state index in [1.54, 1.807) is 0 Å². The second-order valence-electron chi connectivity index (χ2n) is 3.97. The lowest BCUT2D eigenvalue weighted by molar-refractivity contribution is -0.136. The lowest BCUT2D eigenvalue weighted by atomic mass is 9.86. The van der Waals surface area contributed by atoms with Crippen LogP contribution in [0.5, 0.6) is 0 Å². The zero-order chi connectivity index (χ0) is 11.2. The molecule has 2 aliphatic rings. The second-order valence-corrected chi connectivity index (χ2v) is 3.97. The molecule has 2 aliphatic carbocycles. The summed E-state index contributed by atoms with van der Waals surface area (Å²) < 4.78 is 0. The summed E-state index contributed by atoms with van der Waals surface area (Å²) in [6.07, 6.45) is 2.14. The maximum absolute atomic E-state index is 11.6. The SMILES string of the molecule is C=CCC1=C(O)C(=O)[C@@H]2CCC(=O)[C@]12O. The number of hydrogen-bond acceptors (Lipinski definition) is 4. The quantitative estimate of drug-likeness (QED) is 0.654. The Morgan fingerprint density at radius 2 is 2.20 bits per heavy atom. The molecule has 2 rings (SSSR count). The summed E-state index contributed by atoms with van der Waals surface area (Å²) in [4.78, 5) is 23.1. The fraction of sp³-hybridized carbons (Fsp3) is 0.455. The number of fused-ring (bicyclic) bond motifs is 1. The van der Waals surface area contributed by atoms with E-state index in [9.17, 15) is 19.8 Å². The number of hydrogen-bond donors (Lipinski definition) is 2. The molecule has 2 atom stereocenters. The van der Waals surface area contributed by atoms with Crippen molar-refractivity contribution in [1.82, 2.24) is 0 Å². The van der Waals surface area contributed by atoms with Gasteiger partial charge in [-0.3, -0.25) is 9.59 Å². The molecule has 1 saturated carbocycles. The Labute approximate surface area is 86.9 Å². The normalized spacial score (nSPS) is 34.9. The van der Waals surface area contributed by atoms with Gasteiger partial charge in [0.2, 0.25) is 5.78 Å². The van der Waals surface area contributed by atoms with Crippen LogP contribution in [0.1, 0.15) is 19.3 Å². The first-order valence-electron chi connectivity index (χ1n) is 4.86. The monoisotopic (exact) mass is 208 g/mol. The van der Waals surface area contributed by atoms with Crippen LogP contribution in [0.25, 0.3) is 0 Å². The van der Waals surface area contributed by atoms with Crippen LogP contribution in [-0.2, 0) is 9.59 Å². The van der Waals surface area contributed by atoms with Crippen molar-refractivity contribution in [3.05, 3.63) is 24.0 Å². The minimum absolute atomic E-state index is 0.120. The zero-order valence-electron chi connectivity index (χ0n) is 8.19. The Kier molecular flexibility index (Phi) is 2.04. The van der Waals surface area contributed by atoms with Gasteiger partial charge in [-0.05, 0) is 12.8 Å². The van der Waals surface area contributed by atoms with Crippen molar-refractivity contribution in [3.63, 3.8) is 0 Å². The molecule has 0 aromatic carbocycles. The van der Waals surface area contributed by atoms with Crippen LogP contribution in [0, 0.1) is 5.92 Å². The molecular weight excluding hydrogens is 196 g/mol. The Morgan fingerprint density at radius 1 is 1.53 bits per heavy atom. The van der Waals surface area contributed by atoms with Gasteiger partial charge in [-0.1, -0.05) is 6.08 Å². The van der Waals surface area contributed by atoms with Gasteiger partial charge in [-0.25, -0.2) is 0 Å². The number of allylic oxidation sites excluding steroid dienone is 2. The highest BCUT2D eigenvalue weighted by Gasteiger charge is 2.60. The van der Waals surface area contributed by atoms with Crippen molar-refractivity contribution < 1.29 is 19.8 Å². The van der Waals surface area contributed by atoms with Crippen molar-refractivity contribution in [1.29, 1.82) is 0 Å². The van der Waals surface area contributed by atoms with E-state index in [4.69, 9.17) is 0 Å². The predicted molar refractivity (Wildman–Crippen MR) is 52.2 cm³/mol. The van der Waals surface area contributed by atoms with Crippen molar-refractivity contribution in [2.75, 3.05) is 0 Å². The van der Waals surface area contributed by atoms with Crippen molar-refractivity contribution in [2.45, 2.75) is 24.9 Å². The fourth-order valence-electron chi connectivity index (χ4n) is 2.46. The molecule has 0 radical (unpaired) electrons. The van der Waals surface area contributed by atoms with E-state index in [2.05, 4.69) is 6.58 Å². The third-order valence-corrected chi connectivity index (χ3v) is 3.23. The minimum atomic E-state index is -1.75. The topological polar surface area (TPSA) is 74.6 Å². The Bertz CT molecular complexity index is 393. The van der Waals surface area contributed by atoms with Crippen LogP contribution < -0.4 is 0 Å². The van der Waals surface area contributed by atoms with Crippen LogP contribution in [0.4, 0.5) is 0 Å². The van der Waals surface area contributed by atoms with Gasteiger partial charge in [0.05, 0.1) is 5.92 Å². The van der Waals surface area contributed by atoms with E-state index in [1.807, 2.05) is 0 Å². The molecule has 0 amide bonds. The second kappa shape index (κ2) is 3.03. The first-order chi connectivity index (χ1) is 7.03. The molecule has 0 aromatic heterocycles. The van der Waals surface area contributed by atoms with Crippen LogP contribution in [0.3, 0.4) is 0 Å². The first kappa shape index (κ1) is 10.1. The number of carbonyl (C=O) groups is 2. The van der Waals surface area contributed by atoms with Gasteiger partial charge in [-0.2, -0.15) is 0 Å². The molecule has 15 heavy (non-hydrogen) atoms. The highest BCUT2D eigenvalue weighted by atomic mass is 16.3. The summed E-state index contributed by atoms with van der Waals surface area (Å²) in [5.41, 5.74) is -1.63. The summed E-state index contributed by atoms with van der Waals surface area (Å²) in [6.45, 7) is 3.47. The summed E-state index contributed by atoms with van der Waals surface area (Å²) in [7, 11) is 0. The van der Waals surface area contributed by atoms with Crippen molar-refractivity contribution >= 4 is 11.6 Å². The molecule has 4 nitrogen and oxygen atoms in total. The van der Waals surface area contributed by atoms with E-state index in [-0.39, 0.29) is 24.2 Å². The molecule has 4 heteroatoms. The largest absolute Gasteiger partial charge is 0.504 e. The number of Topliss-reactive ketones (excluding diaryl/α,β-unsaturated/α-hetero) is 2. The lowest BCUT2D eigenvalue weighted by Crippen LogP contribution is -2.40. The standard InChI is InChI=1S/C11H12O4/c1-2-3-6-9(13)10(14)7-4-5-8(12)11(6,7)15/h2,7,13,15H,1,3-5H2/t7-,11-/m0/s1. The van der Waals surface area contributed by atoms with E-state index in [0.29, 0.717) is 6.42 Å². The highest BCUT2D eigenvalue weighted by Crippen LogP contribution is 2.47. The van der Waals surface area contributed by atoms with Crippen LogP contribution in [-0.4, -0.2) is 27.4 Å². The number of ketones is 2. The molecule has 2 N–H and O–H groups in total. The van der Waals surface area contributed by atoms with Crippen LogP contribution in [0.15, 0.2) is 24.0 Å². The van der Waals surface area contributed by atoms with Gasteiger partial charge in [0, 0.05) is 12.0 Å². The zero-order valence-corrected chi connectivity index (χ0v) is 8.19. The summed E-state index contributed by atoms with van der Waals surface area (Å²) in [5.74, 6) is -2.11. The average Bonchev–Trinajstić information content (AvgIpc) is 2.59. The average molecular weight is 208 g/mol. The van der Waals surface area contributed by atoms with Crippen molar-refractivity contribution in [3.8, 4) is 0 Å². The van der Waals surface area contributed by atoms with Gasteiger partial charge >= 0.3 is 0 Å². The summed E-state index contributed by atoms with van der Waals surface area (Å²) in [6, 6.07) is 0. The number of aliphatic hydroxyl groups excluding tert-OH is 1. The third-order valence-electron chi connectivity index (χ3n) is 3.23. The van der Waals surface area contributed by atoms with Gasteiger partial charge < -0.3 is 10.2 Å². The van der Waals surface area contributed by atoms with Crippen LogP contribution >= 0.6 is 0 Å². The first-order valence-corrected chi connectivity index (χ1v) is 4.86. The van der Waals surface area contributed by atoms with Gasteiger partial charge in [0.25, 0.3) is 0 Å². The van der Waals surface area contributed by atoms with Crippen LogP contribution in [0.2, 0.25) is 0 Å². The molecule has 0 aliphatic heterocycles. The summed E-state index contributed by atoms with van der Waals surface area (Å²) in [5, 5.41) is 19.7. The molecular formula is C11H12O4.